The fourth-order valence-corrected chi connectivity index (χ4v) is 1.96. The van der Waals surface area contributed by atoms with E-state index in [0.29, 0.717) is 6.04 Å². The van der Waals surface area contributed by atoms with Gasteiger partial charge in [0, 0.05) is 12.6 Å². The van der Waals surface area contributed by atoms with E-state index in [1.807, 2.05) is 6.92 Å². The molecule has 1 rings (SSSR count). The maximum Gasteiger partial charge on any atom is 0.0743 e. The van der Waals surface area contributed by atoms with Gasteiger partial charge in [-0.05, 0) is 32.6 Å². The molecular formula is C12H25NO. The number of aliphatic hydroxyl groups is 1. The van der Waals surface area contributed by atoms with E-state index in [9.17, 15) is 5.11 Å². The van der Waals surface area contributed by atoms with Gasteiger partial charge in [-0.15, -0.1) is 0 Å². The summed E-state index contributed by atoms with van der Waals surface area (Å²) < 4.78 is 0. The van der Waals surface area contributed by atoms with Crippen LogP contribution in [0.4, 0.5) is 0 Å². The maximum absolute atomic E-state index is 9.95. The van der Waals surface area contributed by atoms with E-state index in [2.05, 4.69) is 19.2 Å². The van der Waals surface area contributed by atoms with Crippen LogP contribution < -0.4 is 5.32 Å². The summed E-state index contributed by atoms with van der Waals surface area (Å²) in [6.45, 7) is 6.99. The molecule has 0 bridgehead atoms. The Bertz CT molecular complexity index is 164. The Morgan fingerprint density at radius 2 is 2.14 bits per heavy atom. The number of hydrogen-bond acceptors (Lipinski definition) is 2. The molecule has 0 aromatic carbocycles. The van der Waals surface area contributed by atoms with Crippen molar-refractivity contribution in [2.45, 2.75) is 64.5 Å². The molecule has 2 atom stereocenters. The van der Waals surface area contributed by atoms with Crippen molar-refractivity contribution in [2.75, 3.05) is 6.54 Å². The van der Waals surface area contributed by atoms with Gasteiger partial charge in [0.15, 0.2) is 0 Å². The normalized spacial score (nSPS) is 23.1. The van der Waals surface area contributed by atoms with Gasteiger partial charge in [-0.3, -0.25) is 0 Å². The second-order valence-electron chi connectivity index (χ2n) is 5.21. The first kappa shape index (κ1) is 12.0. The minimum absolute atomic E-state index is 0.521. The molecule has 1 fully saturated rings. The third kappa shape index (κ3) is 4.97. The molecule has 0 saturated heterocycles. The molecule has 2 heteroatoms. The van der Waals surface area contributed by atoms with Crippen molar-refractivity contribution in [3.05, 3.63) is 0 Å². The van der Waals surface area contributed by atoms with Gasteiger partial charge in [0.2, 0.25) is 0 Å². The van der Waals surface area contributed by atoms with Gasteiger partial charge >= 0.3 is 0 Å². The van der Waals surface area contributed by atoms with Gasteiger partial charge in [0.25, 0.3) is 0 Å². The molecule has 2 nitrogen and oxygen atoms in total. The number of rotatable bonds is 7. The van der Waals surface area contributed by atoms with Crippen molar-refractivity contribution in [1.29, 1.82) is 0 Å². The van der Waals surface area contributed by atoms with E-state index in [1.165, 1.54) is 19.3 Å². The average molecular weight is 199 g/mol. The van der Waals surface area contributed by atoms with Crippen LogP contribution in [0.1, 0.15) is 52.9 Å². The van der Waals surface area contributed by atoms with Gasteiger partial charge in [-0.1, -0.05) is 26.2 Å². The van der Waals surface area contributed by atoms with Gasteiger partial charge in [0.1, 0.15) is 0 Å². The van der Waals surface area contributed by atoms with Gasteiger partial charge in [-0.2, -0.15) is 0 Å². The predicted octanol–water partition coefficient (Wildman–Crippen LogP) is 2.32. The Balaban J connectivity index is 2.10. The Labute approximate surface area is 88.1 Å². The van der Waals surface area contributed by atoms with E-state index >= 15 is 0 Å². The third-order valence-corrected chi connectivity index (χ3v) is 3.00. The molecule has 1 saturated carbocycles. The number of hydrogen-bond donors (Lipinski definition) is 2. The molecule has 0 radical (unpaired) electrons. The highest BCUT2D eigenvalue weighted by molar-refractivity contribution is 4.81. The lowest BCUT2D eigenvalue weighted by atomic mass is 10.00. The lowest BCUT2D eigenvalue weighted by Crippen LogP contribution is -2.41. The quantitative estimate of drug-likeness (QED) is 0.659. The van der Waals surface area contributed by atoms with E-state index in [-0.39, 0.29) is 0 Å². The van der Waals surface area contributed by atoms with Crippen LogP contribution in [0.5, 0.6) is 0 Å². The average Bonchev–Trinajstić information content (AvgIpc) is 2.85. The summed E-state index contributed by atoms with van der Waals surface area (Å²) in [5.74, 6) is 0.966. The van der Waals surface area contributed by atoms with Crippen LogP contribution in [-0.4, -0.2) is 23.3 Å². The van der Waals surface area contributed by atoms with Crippen molar-refractivity contribution < 1.29 is 5.11 Å². The van der Waals surface area contributed by atoms with E-state index in [1.54, 1.807) is 0 Å². The minimum atomic E-state index is -0.521. The van der Waals surface area contributed by atoms with Crippen molar-refractivity contribution in [2.24, 2.45) is 5.92 Å². The summed E-state index contributed by atoms with van der Waals surface area (Å²) in [5, 5.41) is 13.4. The topological polar surface area (TPSA) is 32.3 Å². The highest BCUT2D eigenvalue weighted by Crippen LogP contribution is 2.33. The molecular weight excluding hydrogens is 174 g/mol. The molecule has 84 valence electrons. The minimum Gasteiger partial charge on any atom is -0.389 e. The van der Waals surface area contributed by atoms with E-state index in [0.717, 1.165) is 25.3 Å². The fraction of sp³-hybridized carbons (Fsp3) is 1.00. The molecule has 1 aliphatic carbocycles. The fourth-order valence-electron chi connectivity index (χ4n) is 1.96. The molecule has 0 aromatic rings. The van der Waals surface area contributed by atoms with Crippen molar-refractivity contribution in [1.82, 2.24) is 5.32 Å². The maximum atomic E-state index is 9.95. The Hall–Kier alpha value is -0.0800. The first-order chi connectivity index (χ1) is 6.53. The second-order valence-corrected chi connectivity index (χ2v) is 5.21. The van der Waals surface area contributed by atoms with Crippen molar-refractivity contribution in [3.63, 3.8) is 0 Å². The van der Waals surface area contributed by atoms with Crippen LogP contribution in [0.2, 0.25) is 0 Å². The largest absolute Gasteiger partial charge is 0.389 e. The highest BCUT2D eigenvalue weighted by Gasteiger charge is 2.25. The van der Waals surface area contributed by atoms with E-state index in [4.69, 9.17) is 0 Å². The molecule has 1 aliphatic rings. The molecule has 0 spiro atoms. The SMILES string of the molecule is CCCC(C)(O)CNC(C)CC1CC1. The lowest BCUT2D eigenvalue weighted by Gasteiger charge is -2.25. The zero-order chi connectivity index (χ0) is 10.6. The lowest BCUT2D eigenvalue weighted by molar-refractivity contribution is 0.0472. The highest BCUT2D eigenvalue weighted by atomic mass is 16.3. The van der Waals surface area contributed by atoms with Crippen LogP contribution in [-0.2, 0) is 0 Å². The smallest absolute Gasteiger partial charge is 0.0743 e. The molecule has 14 heavy (non-hydrogen) atoms. The summed E-state index contributed by atoms with van der Waals surface area (Å²) in [7, 11) is 0. The molecule has 2 N–H and O–H groups in total. The number of nitrogens with one attached hydrogen (secondary N) is 1. The first-order valence-corrected chi connectivity index (χ1v) is 5.99. The van der Waals surface area contributed by atoms with Crippen LogP contribution in [0.3, 0.4) is 0 Å². The predicted molar refractivity (Wildman–Crippen MR) is 60.3 cm³/mol. The molecule has 0 aromatic heterocycles. The molecule has 0 aliphatic heterocycles. The first-order valence-electron chi connectivity index (χ1n) is 5.99. The third-order valence-electron chi connectivity index (χ3n) is 3.00. The monoisotopic (exact) mass is 199 g/mol. The summed E-state index contributed by atoms with van der Waals surface area (Å²) >= 11 is 0. The Kier molecular flexibility index (Phi) is 4.39. The molecule has 2 unspecified atom stereocenters. The standard InChI is InChI=1S/C12H25NO/c1-4-7-12(3,14)9-13-10(2)8-11-5-6-11/h10-11,13-14H,4-9H2,1-3H3. The summed E-state index contributed by atoms with van der Waals surface area (Å²) in [4.78, 5) is 0. The summed E-state index contributed by atoms with van der Waals surface area (Å²) in [6, 6.07) is 0.561. The molecule has 0 heterocycles. The van der Waals surface area contributed by atoms with Crippen LogP contribution >= 0.6 is 0 Å². The Morgan fingerprint density at radius 1 is 1.50 bits per heavy atom. The van der Waals surface area contributed by atoms with Crippen molar-refractivity contribution >= 4 is 0 Å². The van der Waals surface area contributed by atoms with Gasteiger partial charge < -0.3 is 10.4 Å². The zero-order valence-electron chi connectivity index (χ0n) is 9.84. The van der Waals surface area contributed by atoms with Gasteiger partial charge in [-0.25, -0.2) is 0 Å². The second kappa shape index (κ2) is 5.13. The molecule has 0 amide bonds. The van der Waals surface area contributed by atoms with Crippen LogP contribution in [0, 0.1) is 5.92 Å². The van der Waals surface area contributed by atoms with E-state index < -0.39 is 5.60 Å². The van der Waals surface area contributed by atoms with Crippen LogP contribution in [0.25, 0.3) is 0 Å². The van der Waals surface area contributed by atoms with Crippen LogP contribution in [0.15, 0.2) is 0 Å². The van der Waals surface area contributed by atoms with Gasteiger partial charge in [0.05, 0.1) is 5.60 Å². The summed E-state index contributed by atoms with van der Waals surface area (Å²) in [6.07, 6.45) is 6.04. The zero-order valence-corrected chi connectivity index (χ0v) is 9.84. The van der Waals surface area contributed by atoms with Crippen molar-refractivity contribution in [3.8, 4) is 0 Å². The summed E-state index contributed by atoms with van der Waals surface area (Å²) in [5.41, 5.74) is -0.521. The Morgan fingerprint density at radius 3 is 2.64 bits per heavy atom.